The first kappa shape index (κ1) is 15.5. The second kappa shape index (κ2) is 7.16. The maximum Gasteiger partial charge on any atom is 0.305 e. The quantitative estimate of drug-likeness (QED) is 0.349. The number of rotatable bonds is 6. The molecule has 0 amide bonds. The summed E-state index contributed by atoms with van der Waals surface area (Å²) in [7, 11) is 1.30. The number of carbonyl (C=O) groups is 1. The highest BCUT2D eigenvalue weighted by atomic mass is 35.5. The molecule has 0 radical (unpaired) electrons. The molecule has 19 heavy (non-hydrogen) atoms. The van der Waals surface area contributed by atoms with Crippen LogP contribution in [0, 0.1) is 10.1 Å². The Labute approximate surface area is 119 Å². The first-order valence-electron chi connectivity index (χ1n) is 5.28. The van der Waals surface area contributed by atoms with Crippen molar-refractivity contribution in [3.63, 3.8) is 0 Å². The van der Waals surface area contributed by atoms with Gasteiger partial charge in [0.15, 0.2) is 5.75 Å². The minimum Gasteiger partial charge on any atom is -0.490 e. The van der Waals surface area contributed by atoms with Crippen LogP contribution in [0.2, 0.25) is 10.0 Å². The molecule has 8 heteroatoms. The van der Waals surface area contributed by atoms with Gasteiger partial charge in [-0.1, -0.05) is 23.2 Å². The molecule has 0 atom stereocenters. The molecule has 0 aliphatic carbocycles. The minimum atomic E-state index is -0.598. The van der Waals surface area contributed by atoms with Crippen LogP contribution >= 0.6 is 23.2 Å². The van der Waals surface area contributed by atoms with Crippen molar-refractivity contribution in [1.29, 1.82) is 0 Å². The lowest BCUT2D eigenvalue weighted by molar-refractivity contribution is -0.384. The third kappa shape index (κ3) is 4.57. The zero-order chi connectivity index (χ0) is 14.4. The zero-order valence-corrected chi connectivity index (χ0v) is 11.5. The van der Waals surface area contributed by atoms with E-state index in [9.17, 15) is 14.9 Å². The summed E-state index contributed by atoms with van der Waals surface area (Å²) in [6, 6.07) is 2.31. The predicted octanol–water partition coefficient (Wildman–Crippen LogP) is 3.23. The van der Waals surface area contributed by atoms with E-state index in [1.807, 2.05) is 0 Å². The number of non-ortho nitro benzene ring substituents is 1. The summed E-state index contributed by atoms with van der Waals surface area (Å²) in [6.45, 7) is 0.201. The molecule has 0 saturated heterocycles. The maximum atomic E-state index is 10.9. The molecule has 104 valence electrons. The topological polar surface area (TPSA) is 78.7 Å². The van der Waals surface area contributed by atoms with Crippen LogP contribution in [-0.4, -0.2) is 24.6 Å². The van der Waals surface area contributed by atoms with Crippen LogP contribution in [0.3, 0.4) is 0 Å². The number of benzene rings is 1. The predicted molar refractivity (Wildman–Crippen MR) is 69.9 cm³/mol. The van der Waals surface area contributed by atoms with Gasteiger partial charge in [-0.3, -0.25) is 14.9 Å². The van der Waals surface area contributed by atoms with Gasteiger partial charge in [0.2, 0.25) is 0 Å². The van der Waals surface area contributed by atoms with E-state index in [2.05, 4.69) is 4.74 Å². The second-order valence-corrected chi connectivity index (χ2v) is 4.34. The average Bonchev–Trinajstić information content (AvgIpc) is 2.36. The molecular weight excluding hydrogens is 297 g/mol. The molecule has 0 heterocycles. The number of nitro groups is 1. The summed E-state index contributed by atoms with van der Waals surface area (Å²) in [5.74, 6) is -0.178. The fraction of sp³-hybridized carbons (Fsp3) is 0.364. The fourth-order valence-corrected chi connectivity index (χ4v) is 1.87. The van der Waals surface area contributed by atoms with Crippen LogP contribution in [0.5, 0.6) is 5.75 Å². The molecule has 0 unspecified atom stereocenters. The molecule has 0 bridgehead atoms. The van der Waals surface area contributed by atoms with E-state index in [0.717, 1.165) is 12.1 Å². The van der Waals surface area contributed by atoms with Crippen molar-refractivity contribution in [2.24, 2.45) is 0 Å². The number of nitro benzene ring substituents is 1. The van der Waals surface area contributed by atoms with Crippen LogP contribution in [0.15, 0.2) is 12.1 Å². The van der Waals surface area contributed by atoms with Crippen LogP contribution in [-0.2, 0) is 9.53 Å². The summed E-state index contributed by atoms with van der Waals surface area (Å²) in [4.78, 5) is 20.9. The summed E-state index contributed by atoms with van der Waals surface area (Å²) in [6.07, 6.45) is 0.634. The Morgan fingerprint density at radius 2 is 1.95 bits per heavy atom. The third-order valence-corrected chi connectivity index (χ3v) is 2.75. The molecule has 0 aromatic heterocycles. The smallest absolute Gasteiger partial charge is 0.305 e. The Bertz CT molecular complexity index is 469. The number of hydrogen-bond donors (Lipinski definition) is 0. The number of ether oxygens (including phenoxy) is 2. The molecule has 0 spiro atoms. The molecule has 6 nitrogen and oxygen atoms in total. The minimum absolute atomic E-state index is 0.0530. The standard InChI is InChI=1S/C11H11Cl2NO5/c1-18-10(15)3-2-4-19-11-8(12)5-7(14(16)17)6-9(11)13/h5-6H,2-4H2,1H3. The summed E-state index contributed by atoms with van der Waals surface area (Å²) in [5.41, 5.74) is -0.211. The molecule has 1 aromatic rings. The van der Waals surface area contributed by atoms with Gasteiger partial charge in [-0.25, -0.2) is 0 Å². The van der Waals surface area contributed by atoms with E-state index in [1.54, 1.807) is 0 Å². The van der Waals surface area contributed by atoms with E-state index in [4.69, 9.17) is 27.9 Å². The van der Waals surface area contributed by atoms with E-state index in [-0.39, 0.29) is 40.5 Å². The summed E-state index contributed by atoms with van der Waals surface area (Å²) in [5, 5.41) is 10.7. The Kier molecular flexibility index (Phi) is 5.85. The molecule has 1 rings (SSSR count). The number of carbonyl (C=O) groups excluding carboxylic acids is 1. The normalized spacial score (nSPS) is 10.1. The van der Waals surface area contributed by atoms with Crippen LogP contribution in [0.1, 0.15) is 12.8 Å². The van der Waals surface area contributed by atoms with Gasteiger partial charge in [-0.05, 0) is 6.42 Å². The highest BCUT2D eigenvalue weighted by Gasteiger charge is 2.15. The van der Waals surface area contributed by atoms with Gasteiger partial charge in [0.05, 0.1) is 28.7 Å². The van der Waals surface area contributed by atoms with Crippen molar-refractivity contribution >= 4 is 34.9 Å². The van der Waals surface area contributed by atoms with Gasteiger partial charge in [0.1, 0.15) is 0 Å². The number of esters is 1. The first-order chi connectivity index (χ1) is 8.95. The molecule has 1 aromatic carbocycles. The molecule has 0 aliphatic heterocycles. The second-order valence-electron chi connectivity index (χ2n) is 3.52. The monoisotopic (exact) mass is 307 g/mol. The van der Waals surface area contributed by atoms with Gasteiger partial charge in [-0.2, -0.15) is 0 Å². The molecular formula is C11H11Cl2NO5. The Hall–Kier alpha value is -1.53. The SMILES string of the molecule is COC(=O)CCCOc1c(Cl)cc([N+](=O)[O-])cc1Cl. The van der Waals surface area contributed by atoms with Gasteiger partial charge in [-0.15, -0.1) is 0 Å². The Morgan fingerprint density at radius 1 is 1.37 bits per heavy atom. The lowest BCUT2D eigenvalue weighted by Gasteiger charge is -2.09. The molecule has 0 fully saturated rings. The number of hydrogen-bond acceptors (Lipinski definition) is 5. The summed E-state index contributed by atoms with van der Waals surface area (Å²) < 4.78 is 9.77. The fourth-order valence-electron chi connectivity index (χ4n) is 1.28. The Balaban J connectivity index is 2.64. The third-order valence-electron chi connectivity index (χ3n) is 2.19. The van der Waals surface area contributed by atoms with Gasteiger partial charge in [0.25, 0.3) is 5.69 Å². The largest absolute Gasteiger partial charge is 0.490 e. The molecule has 0 N–H and O–H groups in total. The van der Waals surface area contributed by atoms with Crippen molar-refractivity contribution < 1.29 is 19.2 Å². The van der Waals surface area contributed by atoms with E-state index in [0.29, 0.717) is 6.42 Å². The average molecular weight is 308 g/mol. The highest BCUT2D eigenvalue weighted by molar-refractivity contribution is 6.37. The van der Waals surface area contributed by atoms with Crippen molar-refractivity contribution in [1.82, 2.24) is 0 Å². The molecule has 0 saturated carbocycles. The van der Waals surface area contributed by atoms with Crippen LogP contribution < -0.4 is 4.74 Å². The van der Waals surface area contributed by atoms with Crippen LogP contribution in [0.25, 0.3) is 0 Å². The first-order valence-corrected chi connectivity index (χ1v) is 6.04. The van der Waals surface area contributed by atoms with E-state index >= 15 is 0 Å². The van der Waals surface area contributed by atoms with Gasteiger partial charge in [0, 0.05) is 18.6 Å². The number of halogens is 2. The van der Waals surface area contributed by atoms with Crippen molar-refractivity contribution in [3.05, 3.63) is 32.3 Å². The van der Waals surface area contributed by atoms with E-state index < -0.39 is 4.92 Å². The lowest BCUT2D eigenvalue weighted by atomic mass is 10.3. The maximum absolute atomic E-state index is 10.9. The number of nitrogens with zero attached hydrogens (tertiary/aromatic N) is 1. The summed E-state index contributed by atoms with van der Waals surface area (Å²) >= 11 is 11.7. The number of methoxy groups -OCH3 is 1. The lowest BCUT2D eigenvalue weighted by Crippen LogP contribution is -2.05. The van der Waals surface area contributed by atoms with E-state index in [1.165, 1.54) is 7.11 Å². The van der Waals surface area contributed by atoms with Crippen LogP contribution in [0.4, 0.5) is 5.69 Å². The van der Waals surface area contributed by atoms with Gasteiger partial charge >= 0.3 is 5.97 Å². The highest BCUT2D eigenvalue weighted by Crippen LogP contribution is 2.36. The zero-order valence-electron chi connectivity index (χ0n) is 10.0. The van der Waals surface area contributed by atoms with Crippen molar-refractivity contribution in [2.75, 3.05) is 13.7 Å². The van der Waals surface area contributed by atoms with Crippen molar-refractivity contribution in [3.8, 4) is 5.75 Å². The Morgan fingerprint density at radius 3 is 2.42 bits per heavy atom. The van der Waals surface area contributed by atoms with Gasteiger partial charge < -0.3 is 9.47 Å². The molecule has 0 aliphatic rings. The van der Waals surface area contributed by atoms with Crippen molar-refractivity contribution in [2.45, 2.75) is 12.8 Å².